The zero-order valence-electron chi connectivity index (χ0n) is 20.0. The van der Waals surface area contributed by atoms with Crippen LogP contribution in [0.5, 0.6) is 11.5 Å². The molecule has 5 rings (SSSR count). The Morgan fingerprint density at radius 3 is 2.57 bits per heavy atom. The summed E-state index contributed by atoms with van der Waals surface area (Å²) >= 11 is 1.07. The molecule has 0 aliphatic carbocycles. The number of benzene rings is 3. The van der Waals surface area contributed by atoms with Gasteiger partial charge in [-0.25, -0.2) is 9.59 Å². The van der Waals surface area contributed by atoms with Gasteiger partial charge >= 0.3 is 11.9 Å². The molecule has 1 aliphatic rings. The van der Waals surface area contributed by atoms with Gasteiger partial charge in [0.15, 0.2) is 6.61 Å². The molecule has 188 valence electrons. The summed E-state index contributed by atoms with van der Waals surface area (Å²) in [6.45, 7) is -0.325. The zero-order chi connectivity index (χ0) is 26.0. The molecule has 0 saturated carbocycles. The minimum atomic E-state index is -2.03. The number of esters is 2. The van der Waals surface area contributed by atoms with Gasteiger partial charge in [0, 0.05) is 23.6 Å². The molecule has 1 N–H and O–H groups in total. The van der Waals surface area contributed by atoms with E-state index >= 15 is 0 Å². The molecule has 1 unspecified atom stereocenters. The first-order valence-electron chi connectivity index (χ1n) is 11.3. The van der Waals surface area contributed by atoms with Crippen molar-refractivity contribution in [2.45, 2.75) is 12.2 Å². The van der Waals surface area contributed by atoms with Crippen LogP contribution in [0.15, 0.2) is 72.3 Å². The lowest BCUT2D eigenvalue weighted by atomic mass is 9.87. The molecule has 1 atom stereocenters. The number of aromatic nitrogens is 2. The monoisotopic (exact) mass is 518 g/mol. The van der Waals surface area contributed by atoms with E-state index in [2.05, 4.69) is 8.75 Å². The predicted octanol–water partition coefficient (Wildman–Crippen LogP) is 3.65. The average molecular weight is 519 g/mol. The molecular formula is C27H22N2O7S. The van der Waals surface area contributed by atoms with Gasteiger partial charge in [0.1, 0.15) is 22.5 Å². The number of fused-ring (bicyclic) bond motifs is 1. The Kier molecular flexibility index (Phi) is 6.60. The fourth-order valence-electron chi connectivity index (χ4n) is 4.20. The lowest BCUT2D eigenvalue weighted by Gasteiger charge is -2.26. The van der Waals surface area contributed by atoms with Crippen molar-refractivity contribution in [2.75, 3.05) is 20.8 Å². The van der Waals surface area contributed by atoms with E-state index in [4.69, 9.17) is 18.9 Å². The quantitative estimate of drug-likeness (QED) is 0.349. The number of nitrogens with zero attached hydrogens (tertiary/aromatic N) is 2. The highest BCUT2D eigenvalue weighted by Crippen LogP contribution is 2.45. The van der Waals surface area contributed by atoms with Gasteiger partial charge in [-0.2, -0.15) is 8.75 Å². The number of carbonyl (C=O) groups is 2. The summed E-state index contributed by atoms with van der Waals surface area (Å²) in [6.07, 6.45) is 0.0698. The SMILES string of the molecule is COC(=O)COc1cc(OC)ccc1CC1=C(c2ccc3nsnc3c2)C(=O)OC1(O)c1ccccc1. The van der Waals surface area contributed by atoms with Crippen molar-refractivity contribution in [1.29, 1.82) is 0 Å². The van der Waals surface area contributed by atoms with Gasteiger partial charge in [-0.3, -0.25) is 0 Å². The molecule has 9 nitrogen and oxygen atoms in total. The van der Waals surface area contributed by atoms with Crippen LogP contribution >= 0.6 is 11.7 Å². The standard InChI is InChI=1S/C27H22N2O7S/c1-33-19-10-8-16(23(14-19)35-15-24(30)34-2)12-20-25(17-9-11-21-22(13-17)29-37-28-21)26(31)36-27(20,32)18-6-4-3-5-7-18/h3-11,13-14,32H,12,15H2,1-2H3. The van der Waals surface area contributed by atoms with E-state index in [1.165, 1.54) is 14.2 Å². The highest BCUT2D eigenvalue weighted by Gasteiger charge is 2.48. The number of rotatable bonds is 8. The van der Waals surface area contributed by atoms with E-state index in [-0.39, 0.29) is 18.6 Å². The second kappa shape index (κ2) is 10.00. The van der Waals surface area contributed by atoms with Crippen LogP contribution in [-0.2, 0) is 31.3 Å². The second-order valence-corrected chi connectivity index (χ2v) is 8.76. The Bertz CT molecular complexity index is 1520. The normalized spacial score (nSPS) is 17.1. The van der Waals surface area contributed by atoms with Gasteiger partial charge in [0.25, 0.3) is 5.79 Å². The minimum absolute atomic E-state index is 0.0698. The minimum Gasteiger partial charge on any atom is -0.497 e. The molecule has 2 heterocycles. The molecule has 0 radical (unpaired) electrons. The van der Waals surface area contributed by atoms with Crippen LogP contribution in [0.1, 0.15) is 16.7 Å². The lowest BCUT2D eigenvalue weighted by Crippen LogP contribution is -2.29. The van der Waals surface area contributed by atoms with Gasteiger partial charge in [0.2, 0.25) is 0 Å². The molecule has 0 fully saturated rings. The highest BCUT2D eigenvalue weighted by atomic mass is 32.1. The van der Waals surface area contributed by atoms with Crippen LogP contribution < -0.4 is 9.47 Å². The smallest absolute Gasteiger partial charge is 0.343 e. The fourth-order valence-corrected chi connectivity index (χ4v) is 4.72. The molecule has 0 spiro atoms. The molecule has 4 aromatic rings. The number of aliphatic hydroxyl groups is 1. The number of hydrogen-bond acceptors (Lipinski definition) is 10. The highest BCUT2D eigenvalue weighted by molar-refractivity contribution is 7.00. The maximum Gasteiger partial charge on any atom is 0.343 e. The third-order valence-corrected chi connectivity index (χ3v) is 6.63. The summed E-state index contributed by atoms with van der Waals surface area (Å²) in [4.78, 5) is 25.0. The van der Waals surface area contributed by atoms with E-state index in [0.29, 0.717) is 44.8 Å². The average Bonchev–Trinajstić information content (AvgIpc) is 3.49. The van der Waals surface area contributed by atoms with Crippen molar-refractivity contribution in [1.82, 2.24) is 8.75 Å². The molecule has 0 saturated heterocycles. The Hall–Kier alpha value is -4.28. The summed E-state index contributed by atoms with van der Waals surface area (Å²) in [6, 6.07) is 19.1. The molecule has 37 heavy (non-hydrogen) atoms. The van der Waals surface area contributed by atoms with Gasteiger partial charge in [-0.1, -0.05) is 42.5 Å². The summed E-state index contributed by atoms with van der Waals surface area (Å²) in [5.41, 5.74) is 3.41. The van der Waals surface area contributed by atoms with E-state index in [1.807, 2.05) is 0 Å². The first-order valence-corrected chi connectivity index (χ1v) is 12.0. The molecule has 1 aliphatic heterocycles. The maximum atomic E-state index is 13.3. The van der Waals surface area contributed by atoms with Gasteiger partial charge in [-0.05, 0) is 29.3 Å². The van der Waals surface area contributed by atoms with Crippen LogP contribution in [0.4, 0.5) is 0 Å². The fraction of sp³-hybridized carbons (Fsp3) is 0.185. The summed E-state index contributed by atoms with van der Waals surface area (Å²) in [5, 5.41) is 11.8. The largest absolute Gasteiger partial charge is 0.497 e. The van der Waals surface area contributed by atoms with E-state index in [0.717, 1.165) is 11.7 Å². The molecule has 3 aromatic carbocycles. The van der Waals surface area contributed by atoms with Crippen LogP contribution in [0.2, 0.25) is 0 Å². The first kappa shape index (κ1) is 24.4. The summed E-state index contributed by atoms with van der Waals surface area (Å²) in [7, 11) is 2.78. The third kappa shape index (κ3) is 4.64. The topological polar surface area (TPSA) is 117 Å². The Balaban J connectivity index is 1.66. The molecule has 1 aromatic heterocycles. The number of carbonyl (C=O) groups excluding carboxylic acids is 2. The number of cyclic esters (lactones) is 1. The van der Waals surface area contributed by atoms with Crippen molar-refractivity contribution < 1.29 is 33.6 Å². The van der Waals surface area contributed by atoms with Crippen molar-refractivity contribution in [3.8, 4) is 11.5 Å². The number of hydrogen-bond donors (Lipinski definition) is 1. The number of ether oxygens (including phenoxy) is 4. The number of methoxy groups -OCH3 is 2. The van der Waals surface area contributed by atoms with Crippen molar-refractivity contribution >= 4 is 40.3 Å². The summed E-state index contributed by atoms with van der Waals surface area (Å²) < 4.78 is 29.9. The Morgan fingerprint density at radius 1 is 1.03 bits per heavy atom. The van der Waals surface area contributed by atoms with Crippen molar-refractivity contribution in [3.63, 3.8) is 0 Å². The molecule has 10 heteroatoms. The van der Waals surface area contributed by atoms with Crippen LogP contribution in [0.25, 0.3) is 16.6 Å². The second-order valence-electron chi connectivity index (χ2n) is 8.24. The van der Waals surface area contributed by atoms with E-state index in [1.54, 1.807) is 66.7 Å². The Morgan fingerprint density at radius 2 is 1.81 bits per heavy atom. The van der Waals surface area contributed by atoms with Crippen LogP contribution in [0.3, 0.4) is 0 Å². The Labute approximate surface area is 216 Å². The van der Waals surface area contributed by atoms with Gasteiger partial charge in [0.05, 0.1) is 31.5 Å². The zero-order valence-corrected chi connectivity index (χ0v) is 20.8. The molecule has 0 bridgehead atoms. The summed E-state index contributed by atoms with van der Waals surface area (Å²) in [5.74, 6) is -2.40. The van der Waals surface area contributed by atoms with Crippen molar-refractivity contribution in [3.05, 3.63) is 89.0 Å². The predicted molar refractivity (Wildman–Crippen MR) is 135 cm³/mol. The molecule has 0 amide bonds. The van der Waals surface area contributed by atoms with Gasteiger partial charge in [-0.15, -0.1) is 0 Å². The third-order valence-electron chi connectivity index (χ3n) is 6.08. The van der Waals surface area contributed by atoms with E-state index in [9.17, 15) is 14.7 Å². The van der Waals surface area contributed by atoms with E-state index < -0.39 is 17.7 Å². The van der Waals surface area contributed by atoms with Crippen LogP contribution in [-0.4, -0.2) is 46.6 Å². The molecular weight excluding hydrogens is 496 g/mol. The lowest BCUT2D eigenvalue weighted by molar-refractivity contribution is -0.185. The van der Waals surface area contributed by atoms with Crippen molar-refractivity contribution in [2.24, 2.45) is 0 Å². The first-order chi connectivity index (χ1) is 17.9. The van der Waals surface area contributed by atoms with Gasteiger partial charge < -0.3 is 24.1 Å². The van der Waals surface area contributed by atoms with Crippen LogP contribution in [0, 0.1) is 0 Å². The maximum absolute atomic E-state index is 13.3.